The zero-order valence-electron chi connectivity index (χ0n) is 14.1. The molecule has 0 heterocycles. The Hall–Kier alpha value is -2.88. The summed E-state index contributed by atoms with van der Waals surface area (Å²) >= 11 is 0. The molecule has 0 unspecified atom stereocenters. The van der Waals surface area contributed by atoms with Crippen LogP contribution in [-0.4, -0.2) is 18.0 Å². The smallest absolute Gasteiger partial charge is 0.412 e. The van der Waals surface area contributed by atoms with Gasteiger partial charge in [-0.25, -0.2) is 4.79 Å². The Balaban J connectivity index is 2.17. The van der Waals surface area contributed by atoms with Crippen molar-refractivity contribution in [2.24, 2.45) is 0 Å². The molecule has 124 valence electrons. The Morgan fingerprint density at radius 2 is 1.54 bits per heavy atom. The van der Waals surface area contributed by atoms with Crippen molar-refractivity contribution in [3.63, 3.8) is 0 Å². The lowest BCUT2D eigenvalue weighted by molar-refractivity contribution is -0.104. The predicted molar refractivity (Wildman–Crippen MR) is 95.9 cm³/mol. The minimum Gasteiger partial charge on any atom is -0.444 e. The average molecular weight is 323 g/mol. The standard InChI is InChI=1S/C20H21NO3/c1-20(2,3)24-19(23)21-17-11-9-16(10-12-17)18(13-14-22)15-7-5-4-6-8-15/h4-14H,1-3H3,(H,21,23)/b18-13+. The van der Waals surface area contributed by atoms with Crippen LogP contribution in [0.1, 0.15) is 31.9 Å². The number of amides is 1. The van der Waals surface area contributed by atoms with Crippen LogP contribution in [0.5, 0.6) is 0 Å². The third-order valence-electron chi connectivity index (χ3n) is 3.16. The number of nitrogens with one attached hydrogen (secondary N) is 1. The van der Waals surface area contributed by atoms with Crippen molar-refractivity contribution in [3.8, 4) is 0 Å². The molecule has 0 saturated carbocycles. The highest BCUT2D eigenvalue weighted by atomic mass is 16.6. The number of anilines is 1. The first-order valence-electron chi connectivity index (χ1n) is 7.70. The van der Waals surface area contributed by atoms with Gasteiger partial charge in [-0.2, -0.15) is 0 Å². The summed E-state index contributed by atoms with van der Waals surface area (Å²) in [6.45, 7) is 5.43. The third-order valence-corrected chi connectivity index (χ3v) is 3.16. The number of carbonyl (C=O) groups excluding carboxylic acids is 2. The molecule has 1 amide bonds. The predicted octanol–water partition coefficient (Wildman–Crippen LogP) is 4.66. The summed E-state index contributed by atoms with van der Waals surface area (Å²) in [6.07, 6.45) is 1.81. The van der Waals surface area contributed by atoms with Gasteiger partial charge in [-0.3, -0.25) is 10.1 Å². The summed E-state index contributed by atoms with van der Waals surface area (Å²) in [5, 5.41) is 2.69. The number of carbonyl (C=O) groups is 2. The van der Waals surface area contributed by atoms with Crippen LogP contribution in [0.2, 0.25) is 0 Å². The van der Waals surface area contributed by atoms with E-state index in [1.54, 1.807) is 12.1 Å². The van der Waals surface area contributed by atoms with Crippen LogP contribution in [0.15, 0.2) is 60.7 Å². The summed E-state index contributed by atoms with van der Waals surface area (Å²) in [5.74, 6) is 0. The molecule has 4 nitrogen and oxygen atoms in total. The first-order chi connectivity index (χ1) is 11.4. The van der Waals surface area contributed by atoms with Crippen molar-refractivity contribution in [1.82, 2.24) is 0 Å². The van der Waals surface area contributed by atoms with Gasteiger partial charge in [0.25, 0.3) is 0 Å². The summed E-state index contributed by atoms with van der Waals surface area (Å²) < 4.78 is 5.22. The highest BCUT2D eigenvalue weighted by Crippen LogP contribution is 2.24. The molecule has 0 aliphatic carbocycles. The van der Waals surface area contributed by atoms with Crippen molar-refractivity contribution >= 4 is 23.6 Å². The van der Waals surface area contributed by atoms with E-state index < -0.39 is 11.7 Å². The molecule has 0 spiro atoms. The molecule has 2 aromatic carbocycles. The zero-order valence-corrected chi connectivity index (χ0v) is 14.1. The third kappa shape index (κ3) is 5.09. The molecule has 0 saturated heterocycles. The van der Waals surface area contributed by atoms with E-state index in [2.05, 4.69) is 5.32 Å². The summed E-state index contributed by atoms with van der Waals surface area (Å²) in [4.78, 5) is 22.7. The van der Waals surface area contributed by atoms with Crippen LogP contribution in [0.4, 0.5) is 10.5 Å². The highest BCUT2D eigenvalue weighted by molar-refractivity contribution is 5.90. The van der Waals surface area contributed by atoms with E-state index in [0.29, 0.717) is 5.69 Å². The van der Waals surface area contributed by atoms with Gasteiger partial charge in [0.1, 0.15) is 11.9 Å². The van der Waals surface area contributed by atoms with Crippen LogP contribution in [0.3, 0.4) is 0 Å². The first-order valence-corrected chi connectivity index (χ1v) is 7.70. The molecule has 0 atom stereocenters. The van der Waals surface area contributed by atoms with E-state index in [1.807, 2.05) is 63.2 Å². The molecule has 4 heteroatoms. The summed E-state index contributed by atoms with van der Waals surface area (Å²) in [6, 6.07) is 16.9. The normalized spacial score (nSPS) is 11.7. The quantitative estimate of drug-likeness (QED) is 0.657. The van der Waals surface area contributed by atoms with Gasteiger partial charge in [-0.05, 0) is 55.7 Å². The fourth-order valence-corrected chi connectivity index (χ4v) is 2.20. The largest absolute Gasteiger partial charge is 0.444 e. The lowest BCUT2D eigenvalue weighted by Gasteiger charge is -2.19. The second-order valence-corrected chi connectivity index (χ2v) is 6.29. The molecule has 0 fully saturated rings. The van der Waals surface area contributed by atoms with Crippen molar-refractivity contribution in [2.45, 2.75) is 26.4 Å². The van der Waals surface area contributed by atoms with Crippen molar-refractivity contribution in [2.75, 3.05) is 5.32 Å². The molecule has 0 bridgehead atoms. The summed E-state index contributed by atoms with van der Waals surface area (Å²) in [7, 11) is 0. The Labute approximate surface area is 142 Å². The van der Waals surface area contributed by atoms with Gasteiger partial charge in [0.2, 0.25) is 0 Å². The fraction of sp³-hybridized carbons (Fsp3) is 0.200. The number of hydrogen-bond donors (Lipinski definition) is 1. The van der Waals surface area contributed by atoms with Gasteiger partial charge in [0.15, 0.2) is 0 Å². The molecule has 24 heavy (non-hydrogen) atoms. The molecule has 2 rings (SSSR count). The molecule has 0 aliphatic heterocycles. The van der Waals surface area contributed by atoms with Crippen LogP contribution in [0, 0.1) is 0 Å². The zero-order chi connectivity index (χ0) is 17.6. The Morgan fingerprint density at radius 1 is 0.958 bits per heavy atom. The fourth-order valence-electron chi connectivity index (χ4n) is 2.20. The first kappa shape index (κ1) is 17.5. The van der Waals surface area contributed by atoms with Gasteiger partial charge in [-0.15, -0.1) is 0 Å². The number of ether oxygens (including phenoxy) is 1. The maximum atomic E-state index is 11.8. The van der Waals surface area contributed by atoms with Crippen LogP contribution >= 0.6 is 0 Å². The topological polar surface area (TPSA) is 55.4 Å². The van der Waals surface area contributed by atoms with Crippen molar-refractivity contribution < 1.29 is 14.3 Å². The second kappa shape index (κ2) is 7.59. The van der Waals surface area contributed by atoms with Gasteiger partial charge < -0.3 is 4.74 Å². The summed E-state index contributed by atoms with van der Waals surface area (Å²) in [5.41, 5.74) is 2.76. The molecular formula is C20H21NO3. The van der Waals surface area contributed by atoms with E-state index in [1.165, 1.54) is 6.08 Å². The Morgan fingerprint density at radius 3 is 2.08 bits per heavy atom. The van der Waals surface area contributed by atoms with Gasteiger partial charge in [0.05, 0.1) is 0 Å². The van der Waals surface area contributed by atoms with Gasteiger partial charge in [-0.1, -0.05) is 42.5 Å². The number of aldehydes is 1. The van der Waals surface area contributed by atoms with Crippen molar-refractivity contribution in [1.29, 1.82) is 0 Å². The van der Waals surface area contributed by atoms with E-state index >= 15 is 0 Å². The maximum Gasteiger partial charge on any atom is 0.412 e. The average Bonchev–Trinajstić information content (AvgIpc) is 2.52. The number of hydrogen-bond acceptors (Lipinski definition) is 3. The monoisotopic (exact) mass is 323 g/mol. The molecule has 0 aliphatic rings. The molecule has 0 radical (unpaired) electrons. The molecule has 1 N–H and O–H groups in total. The number of allylic oxidation sites excluding steroid dienone is 1. The van der Waals surface area contributed by atoms with Crippen LogP contribution in [-0.2, 0) is 9.53 Å². The second-order valence-electron chi connectivity index (χ2n) is 6.29. The van der Waals surface area contributed by atoms with Gasteiger partial charge in [0, 0.05) is 5.69 Å². The van der Waals surface area contributed by atoms with Crippen LogP contribution in [0.25, 0.3) is 5.57 Å². The van der Waals surface area contributed by atoms with E-state index in [9.17, 15) is 9.59 Å². The van der Waals surface area contributed by atoms with E-state index in [-0.39, 0.29) is 0 Å². The maximum absolute atomic E-state index is 11.8. The SMILES string of the molecule is CC(C)(C)OC(=O)Nc1ccc(/C(=C/C=O)c2ccccc2)cc1. The minimum absolute atomic E-state index is 0.498. The van der Waals surface area contributed by atoms with E-state index in [0.717, 1.165) is 23.0 Å². The Kier molecular flexibility index (Phi) is 5.53. The molecule has 0 aromatic heterocycles. The molecule has 2 aromatic rings. The molecular weight excluding hydrogens is 302 g/mol. The highest BCUT2D eigenvalue weighted by Gasteiger charge is 2.16. The lowest BCUT2D eigenvalue weighted by atomic mass is 9.97. The van der Waals surface area contributed by atoms with Crippen LogP contribution < -0.4 is 5.32 Å². The number of benzene rings is 2. The van der Waals surface area contributed by atoms with Gasteiger partial charge >= 0.3 is 6.09 Å². The minimum atomic E-state index is -0.544. The number of rotatable bonds is 4. The van der Waals surface area contributed by atoms with Crippen molar-refractivity contribution in [3.05, 3.63) is 71.8 Å². The Bertz CT molecular complexity index is 726. The van der Waals surface area contributed by atoms with E-state index in [4.69, 9.17) is 4.74 Å². The lowest BCUT2D eigenvalue weighted by Crippen LogP contribution is -2.27.